The predicted octanol–water partition coefficient (Wildman–Crippen LogP) is 4.77. The zero-order valence-corrected chi connectivity index (χ0v) is 16.4. The van der Waals surface area contributed by atoms with E-state index in [1.807, 2.05) is 48.5 Å². The Kier molecular flexibility index (Phi) is 4.99. The third-order valence-corrected chi connectivity index (χ3v) is 5.48. The molecule has 3 aromatic heterocycles. The molecule has 1 N–H and O–H groups in total. The zero-order chi connectivity index (χ0) is 19.5. The van der Waals surface area contributed by atoms with Crippen LogP contribution in [0, 0.1) is 0 Å². The van der Waals surface area contributed by atoms with Crippen LogP contribution < -0.4 is 5.32 Å². The summed E-state index contributed by atoms with van der Waals surface area (Å²) >= 11 is 1.48. The molecule has 1 aromatic carbocycles. The van der Waals surface area contributed by atoms with Gasteiger partial charge in [-0.3, -0.25) is 19.7 Å². The second-order valence-electron chi connectivity index (χ2n) is 6.54. The van der Waals surface area contributed by atoms with Gasteiger partial charge in [-0.05, 0) is 30.2 Å². The van der Waals surface area contributed by atoms with Crippen molar-refractivity contribution in [2.75, 3.05) is 5.32 Å². The number of nitrogens with one attached hydrogen (secondary N) is 1. The number of rotatable bonds is 5. The molecule has 1 amide bonds. The van der Waals surface area contributed by atoms with Gasteiger partial charge in [0.25, 0.3) is 5.91 Å². The number of imidazole rings is 1. The highest BCUT2D eigenvalue weighted by atomic mass is 32.1. The molecule has 0 saturated heterocycles. The summed E-state index contributed by atoms with van der Waals surface area (Å²) in [6.07, 6.45) is 4.93. The van der Waals surface area contributed by atoms with Gasteiger partial charge in [-0.25, -0.2) is 9.97 Å². The normalized spacial score (nSPS) is 11.0. The molecule has 0 saturated carbocycles. The Hall–Kier alpha value is -3.32. The third-order valence-electron chi connectivity index (χ3n) is 4.21. The lowest BCUT2D eigenvalue weighted by atomic mass is 10.1. The van der Waals surface area contributed by atoms with Crippen molar-refractivity contribution in [3.8, 4) is 17.1 Å². The van der Waals surface area contributed by atoms with Crippen LogP contribution in [0.1, 0.15) is 35.1 Å². The standard InChI is InChI=1S/C21H19N5OS/c1-14(2)19-18(16-10-6-7-11-23-16)24-21(28-19)25-20(27)17-12-22-13-26(17)15-8-4-3-5-9-15/h3-14H,1-2H3,(H,24,25,27). The number of benzene rings is 1. The number of hydrogen-bond donors (Lipinski definition) is 1. The fourth-order valence-electron chi connectivity index (χ4n) is 2.88. The first-order chi connectivity index (χ1) is 13.6. The Morgan fingerprint density at radius 2 is 1.89 bits per heavy atom. The molecule has 0 fully saturated rings. The fraction of sp³-hybridized carbons (Fsp3) is 0.143. The molecule has 0 atom stereocenters. The number of aromatic nitrogens is 4. The number of thiazole rings is 1. The summed E-state index contributed by atoms with van der Waals surface area (Å²) in [7, 11) is 0. The molecule has 140 valence electrons. The average molecular weight is 389 g/mol. The Morgan fingerprint density at radius 1 is 1.11 bits per heavy atom. The molecule has 6 nitrogen and oxygen atoms in total. The van der Waals surface area contributed by atoms with Crippen LogP contribution >= 0.6 is 11.3 Å². The Labute approximate surface area is 166 Å². The molecular weight excluding hydrogens is 370 g/mol. The average Bonchev–Trinajstić information content (AvgIpc) is 3.37. The Balaban J connectivity index is 1.64. The van der Waals surface area contributed by atoms with E-state index >= 15 is 0 Å². The third kappa shape index (κ3) is 3.57. The molecule has 4 rings (SSSR count). The second-order valence-corrected chi connectivity index (χ2v) is 7.57. The summed E-state index contributed by atoms with van der Waals surface area (Å²) in [5.41, 5.74) is 2.94. The SMILES string of the molecule is CC(C)c1sc(NC(=O)c2cncn2-c2ccccc2)nc1-c1ccccn1. The van der Waals surface area contributed by atoms with E-state index in [-0.39, 0.29) is 11.8 Å². The van der Waals surface area contributed by atoms with Crippen LogP contribution in [-0.2, 0) is 0 Å². The minimum absolute atomic E-state index is 0.252. The predicted molar refractivity (Wildman–Crippen MR) is 111 cm³/mol. The van der Waals surface area contributed by atoms with Crippen LogP contribution in [-0.4, -0.2) is 25.4 Å². The maximum atomic E-state index is 12.9. The highest BCUT2D eigenvalue weighted by molar-refractivity contribution is 7.16. The molecule has 0 radical (unpaired) electrons. The second kappa shape index (κ2) is 7.74. The zero-order valence-electron chi connectivity index (χ0n) is 15.5. The van der Waals surface area contributed by atoms with Gasteiger partial charge >= 0.3 is 0 Å². The van der Waals surface area contributed by atoms with Crippen molar-refractivity contribution in [3.63, 3.8) is 0 Å². The maximum absolute atomic E-state index is 12.9. The van der Waals surface area contributed by atoms with Gasteiger partial charge in [0, 0.05) is 16.8 Å². The van der Waals surface area contributed by atoms with Crippen molar-refractivity contribution in [1.29, 1.82) is 0 Å². The number of hydrogen-bond acceptors (Lipinski definition) is 5. The molecule has 0 bridgehead atoms. The van der Waals surface area contributed by atoms with E-state index < -0.39 is 0 Å². The first kappa shape index (κ1) is 18.1. The Morgan fingerprint density at radius 3 is 2.61 bits per heavy atom. The number of amides is 1. The number of carbonyl (C=O) groups excluding carboxylic acids is 1. The van der Waals surface area contributed by atoms with E-state index in [0.717, 1.165) is 22.0 Å². The van der Waals surface area contributed by atoms with Crippen molar-refractivity contribution in [2.45, 2.75) is 19.8 Å². The quantitative estimate of drug-likeness (QED) is 0.534. The first-order valence-electron chi connectivity index (χ1n) is 8.94. The number of carbonyl (C=O) groups is 1. The van der Waals surface area contributed by atoms with Gasteiger partial charge in [-0.15, -0.1) is 11.3 Å². The van der Waals surface area contributed by atoms with E-state index in [1.165, 1.54) is 11.3 Å². The van der Waals surface area contributed by atoms with Crippen molar-refractivity contribution in [1.82, 2.24) is 19.5 Å². The molecule has 0 spiro atoms. The molecule has 4 aromatic rings. The smallest absolute Gasteiger partial charge is 0.276 e. The van der Waals surface area contributed by atoms with Gasteiger partial charge in [0.15, 0.2) is 5.13 Å². The van der Waals surface area contributed by atoms with Crippen LogP contribution in [0.2, 0.25) is 0 Å². The minimum Gasteiger partial charge on any atom is -0.296 e. The number of para-hydroxylation sites is 1. The highest BCUT2D eigenvalue weighted by Gasteiger charge is 2.20. The van der Waals surface area contributed by atoms with Crippen molar-refractivity contribution < 1.29 is 4.79 Å². The van der Waals surface area contributed by atoms with Gasteiger partial charge in [0.05, 0.1) is 18.2 Å². The maximum Gasteiger partial charge on any atom is 0.276 e. The molecule has 28 heavy (non-hydrogen) atoms. The molecule has 0 aliphatic carbocycles. The summed E-state index contributed by atoms with van der Waals surface area (Å²) < 4.78 is 1.76. The van der Waals surface area contributed by atoms with Crippen LogP contribution in [0.5, 0.6) is 0 Å². The fourth-order valence-corrected chi connectivity index (χ4v) is 3.85. The van der Waals surface area contributed by atoms with E-state index in [2.05, 4.69) is 34.1 Å². The topological polar surface area (TPSA) is 72.7 Å². The summed E-state index contributed by atoms with van der Waals surface area (Å²) in [4.78, 5) is 27.2. The lowest BCUT2D eigenvalue weighted by Crippen LogP contribution is -2.15. The summed E-state index contributed by atoms with van der Waals surface area (Å²) in [5.74, 6) is 0.0213. The summed E-state index contributed by atoms with van der Waals surface area (Å²) in [5, 5.41) is 3.47. The van der Waals surface area contributed by atoms with Crippen molar-refractivity contribution in [3.05, 3.63) is 77.8 Å². The van der Waals surface area contributed by atoms with E-state index in [4.69, 9.17) is 0 Å². The van der Waals surface area contributed by atoms with Gasteiger partial charge in [0.2, 0.25) is 0 Å². The van der Waals surface area contributed by atoms with Crippen molar-refractivity contribution >= 4 is 22.4 Å². The molecule has 7 heteroatoms. The van der Waals surface area contributed by atoms with Crippen LogP contribution in [0.4, 0.5) is 5.13 Å². The molecular formula is C21H19N5OS. The van der Waals surface area contributed by atoms with Crippen LogP contribution in [0.15, 0.2) is 67.3 Å². The Bertz CT molecular complexity index is 1090. The van der Waals surface area contributed by atoms with E-state index in [9.17, 15) is 4.79 Å². The summed E-state index contributed by atoms with van der Waals surface area (Å²) in [6, 6.07) is 15.4. The van der Waals surface area contributed by atoms with Crippen LogP contribution in [0.3, 0.4) is 0 Å². The largest absolute Gasteiger partial charge is 0.296 e. The number of pyridine rings is 1. The number of nitrogens with zero attached hydrogens (tertiary/aromatic N) is 4. The monoisotopic (exact) mass is 389 g/mol. The molecule has 0 unspecified atom stereocenters. The molecule has 3 heterocycles. The van der Waals surface area contributed by atoms with Gasteiger partial charge in [-0.1, -0.05) is 38.1 Å². The number of anilines is 1. The molecule has 0 aliphatic rings. The van der Waals surface area contributed by atoms with Gasteiger partial charge in [0.1, 0.15) is 11.4 Å². The van der Waals surface area contributed by atoms with Crippen LogP contribution in [0.25, 0.3) is 17.1 Å². The van der Waals surface area contributed by atoms with Crippen molar-refractivity contribution in [2.24, 2.45) is 0 Å². The lowest BCUT2D eigenvalue weighted by Gasteiger charge is -2.07. The minimum atomic E-state index is -0.252. The van der Waals surface area contributed by atoms with Gasteiger partial charge in [-0.2, -0.15) is 0 Å². The molecule has 0 aliphatic heterocycles. The van der Waals surface area contributed by atoms with E-state index in [1.54, 1.807) is 23.3 Å². The van der Waals surface area contributed by atoms with E-state index in [0.29, 0.717) is 10.8 Å². The summed E-state index contributed by atoms with van der Waals surface area (Å²) in [6.45, 7) is 4.21. The van der Waals surface area contributed by atoms with Gasteiger partial charge < -0.3 is 0 Å². The highest BCUT2D eigenvalue weighted by Crippen LogP contribution is 2.35. The lowest BCUT2D eigenvalue weighted by molar-refractivity contribution is 0.102. The first-order valence-corrected chi connectivity index (χ1v) is 9.76.